The van der Waals surface area contributed by atoms with Crippen molar-refractivity contribution in [2.45, 2.75) is 26.2 Å². The lowest BCUT2D eigenvalue weighted by Crippen LogP contribution is -2.48. The van der Waals surface area contributed by atoms with Crippen molar-refractivity contribution in [3.8, 4) is 18.2 Å². The van der Waals surface area contributed by atoms with Crippen molar-refractivity contribution in [2.24, 2.45) is 0 Å². The largest absolute Gasteiger partial charge is 0.368 e. The standard InChI is InChI=1S/C35H28ClN7O2S.C34H28ClN7O4S/c36-33-14-13-32(46-33)35(45)41-17-15-40(16-18-41)29-9-11-30(12-10-29)43(34(44)28-7-5-26(20-38)6-8-28)23-31-21-39-24-42(31)22-27-3-1-25(19-37)2-4-27;35-32-14-13-31(47-32)34(44)39-17-15-38(16-18-39)27-9-11-28(12-10-27)41(33(43)26-5-7-29(8-6-26)42(45)46)22-30-20-37-23-40(30)21-25-3-1-24(19-36)2-4-25/h1-14,21,24H,15-18,22-23H2;1-14,20,23H,15-18,21-22H2. The number of nitriles is 3. The van der Waals surface area contributed by atoms with E-state index >= 15 is 0 Å². The summed E-state index contributed by atoms with van der Waals surface area (Å²) in [6.45, 7) is 6.52. The Labute approximate surface area is 553 Å². The van der Waals surface area contributed by atoms with Crippen molar-refractivity contribution in [3.05, 3.63) is 274 Å². The number of carbonyl (C=O) groups is 4. The van der Waals surface area contributed by atoms with Crippen LogP contribution in [0.5, 0.6) is 0 Å². The first-order valence-electron chi connectivity index (χ1n) is 29.3. The lowest BCUT2D eigenvalue weighted by atomic mass is 10.1. The maximum atomic E-state index is 13.9. The molecule has 4 amide bonds. The number of nitro groups is 1. The number of benzene rings is 6. The number of hydrogen-bond donors (Lipinski definition) is 0. The van der Waals surface area contributed by atoms with Crippen LogP contribution in [0.25, 0.3) is 0 Å². The van der Waals surface area contributed by atoms with E-state index in [1.54, 1.807) is 108 Å². The predicted octanol–water partition coefficient (Wildman–Crippen LogP) is 12.4. The van der Waals surface area contributed by atoms with Gasteiger partial charge in [-0.15, -0.1) is 22.7 Å². The number of thiophene rings is 2. The van der Waals surface area contributed by atoms with Gasteiger partial charge in [0.25, 0.3) is 29.3 Å². The lowest BCUT2D eigenvalue weighted by Gasteiger charge is -2.36. The highest BCUT2D eigenvalue weighted by Gasteiger charge is 2.28. The van der Waals surface area contributed by atoms with Gasteiger partial charge in [-0.2, -0.15) is 15.8 Å². The van der Waals surface area contributed by atoms with Crippen molar-refractivity contribution < 1.29 is 24.1 Å². The average molecular weight is 1310 g/mol. The van der Waals surface area contributed by atoms with E-state index in [1.165, 1.54) is 46.9 Å². The van der Waals surface area contributed by atoms with Crippen molar-refractivity contribution in [1.29, 1.82) is 15.8 Å². The Hall–Kier alpha value is -10.9. The zero-order valence-electron chi connectivity index (χ0n) is 49.7. The highest BCUT2D eigenvalue weighted by Crippen LogP contribution is 2.31. The van der Waals surface area contributed by atoms with Crippen molar-refractivity contribution in [2.75, 3.05) is 72.0 Å². The molecule has 24 heteroatoms. The molecule has 0 unspecified atom stereocenters. The molecule has 10 aromatic rings. The van der Waals surface area contributed by atoms with Gasteiger partial charge in [-0.3, -0.25) is 29.3 Å². The summed E-state index contributed by atoms with van der Waals surface area (Å²) in [6, 6.07) is 55.7. The van der Waals surface area contributed by atoms with E-state index in [0.717, 1.165) is 33.9 Å². The molecule has 0 radical (unpaired) electrons. The summed E-state index contributed by atoms with van der Waals surface area (Å²) in [4.78, 5) is 85.7. The van der Waals surface area contributed by atoms with Crippen LogP contribution in [-0.4, -0.2) is 110 Å². The van der Waals surface area contributed by atoms with E-state index in [4.69, 9.17) is 33.7 Å². The first-order chi connectivity index (χ1) is 45.2. The summed E-state index contributed by atoms with van der Waals surface area (Å²) in [5, 5.41) is 38.7. The molecule has 20 nitrogen and oxygen atoms in total. The molecule has 2 fully saturated rings. The number of halogens is 2. The third kappa shape index (κ3) is 15.5. The summed E-state index contributed by atoms with van der Waals surface area (Å²) >= 11 is 14.6. The second kappa shape index (κ2) is 29.4. The topological polar surface area (TPSA) is 238 Å². The molecule has 6 heterocycles. The van der Waals surface area contributed by atoms with Gasteiger partial charge in [0.2, 0.25) is 0 Å². The predicted molar refractivity (Wildman–Crippen MR) is 358 cm³/mol. The first kappa shape index (κ1) is 63.6. The third-order valence-corrected chi connectivity index (χ3v) is 18.4. The van der Waals surface area contributed by atoms with E-state index in [1.807, 2.05) is 91.7 Å². The molecule has 0 N–H and O–H groups in total. The van der Waals surface area contributed by atoms with E-state index in [-0.39, 0.29) is 42.4 Å². The Morgan fingerprint density at radius 1 is 0.484 bits per heavy atom. The fourth-order valence-electron chi connectivity index (χ4n) is 10.8. The number of non-ortho nitro benzene ring substituents is 1. The quantitative estimate of drug-likeness (QED) is 0.0610. The van der Waals surface area contributed by atoms with Gasteiger partial charge in [-0.25, -0.2) is 9.97 Å². The van der Waals surface area contributed by atoms with Gasteiger partial charge in [0, 0.05) is 124 Å². The van der Waals surface area contributed by atoms with Gasteiger partial charge in [-0.05, 0) is 145 Å². The van der Waals surface area contributed by atoms with E-state index in [0.29, 0.717) is 123 Å². The zero-order chi connectivity index (χ0) is 65.0. The maximum absolute atomic E-state index is 13.9. The summed E-state index contributed by atoms with van der Waals surface area (Å²) in [7, 11) is 0. The third-order valence-electron chi connectivity index (χ3n) is 15.9. The van der Waals surface area contributed by atoms with E-state index in [9.17, 15) is 34.6 Å². The minimum absolute atomic E-state index is 0.00211. The van der Waals surface area contributed by atoms with Crippen LogP contribution in [-0.2, 0) is 26.2 Å². The SMILES string of the molecule is N#Cc1ccc(Cn2cncc2CN(C(=O)c2ccc(C#N)cc2)c2ccc(N3CCN(C(=O)c4ccc(Cl)s4)CC3)cc2)cc1.N#Cc1ccc(Cn2cncc2CN(C(=O)c2ccc([N+](=O)[O-])cc2)c2ccc(N3CCN(C(=O)c4ccc(Cl)s4)CC3)cc2)cc1. The van der Waals surface area contributed by atoms with Gasteiger partial charge >= 0.3 is 0 Å². The molecule has 0 bridgehead atoms. The molecule has 0 spiro atoms. The molecule has 12 rings (SSSR count). The number of piperazine rings is 2. The second-order valence-corrected chi connectivity index (χ2v) is 25.1. The minimum atomic E-state index is -0.500. The molecule has 464 valence electrons. The lowest BCUT2D eigenvalue weighted by molar-refractivity contribution is -0.384. The Balaban J connectivity index is 0.000000190. The number of nitrogens with zero attached hydrogens (tertiary/aromatic N) is 14. The number of aromatic nitrogens is 4. The van der Waals surface area contributed by atoms with Crippen molar-refractivity contribution >= 4 is 97.9 Å². The number of carbonyl (C=O) groups excluding carboxylic acids is 4. The molecule has 2 aliphatic heterocycles. The highest BCUT2D eigenvalue weighted by molar-refractivity contribution is 7.18. The minimum Gasteiger partial charge on any atom is -0.368 e. The zero-order valence-corrected chi connectivity index (χ0v) is 52.9. The molecule has 93 heavy (non-hydrogen) atoms. The molecular weight excluding hydrogens is 1260 g/mol. The fraction of sp³-hybridized carbons (Fsp3) is 0.174. The molecule has 6 aromatic carbocycles. The molecule has 0 atom stereocenters. The van der Waals surface area contributed by atoms with E-state index in [2.05, 4.69) is 38.0 Å². The van der Waals surface area contributed by atoms with Gasteiger partial charge in [-0.1, -0.05) is 47.5 Å². The van der Waals surface area contributed by atoms with Crippen LogP contribution in [0.15, 0.2) is 195 Å². The van der Waals surface area contributed by atoms with Crippen LogP contribution in [0.2, 0.25) is 8.67 Å². The number of nitro benzene ring substituents is 1. The summed E-state index contributed by atoms with van der Waals surface area (Å²) < 4.78 is 5.12. The van der Waals surface area contributed by atoms with Gasteiger partial charge in [0.15, 0.2) is 0 Å². The average Bonchev–Trinajstić information content (AvgIpc) is 2.01. The second-order valence-electron chi connectivity index (χ2n) is 21.7. The van der Waals surface area contributed by atoms with Gasteiger partial charge in [0.1, 0.15) is 0 Å². The molecule has 4 aromatic heterocycles. The van der Waals surface area contributed by atoms with Crippen LogP contribution < -0.4 is 19.6 Å². The summed E-state index contributed by atoms with van der Waals surface area (Å²) in [5.41, 5.74) is 9.26. The molecule has 2 saturated heterocycles. The molecular formula is C69H56Cl2N14O6S2. The molecule has 0 saturated carbocycles. The van der Waals surface area contributed by atoms with Crippen LogP contribution in [0.4, 0.5) is 28.4 Å². The number of anilines is 4. The van der Waals surface area contributed by atoms with Crippen molar-refractivity contribution in [3.63, 3.8) is 0 Å². The van der Waals surface area contributed by atoms with Crippen LogP contribution in [0.3, 0.4) is 0 Å². The Kier molecular flexibility index (Phi) is 20.1. The number of amides is 4. The van der Waals surface area contributed by atoms with Gasteiger partial charge in [0.05, 0.1) is 95.4 Å². The van der Waals surface area contributed by atoms with Crippen molar-refractivity contribution in [1.82, 2.24) is 28.9 Å². The van der Waals surface area contributed by atoms with Crippen LogP contribution >= 0.6 is 45.9 Å². The Morgan fingerprint density at radius 2 is 0.839 bits per heavy atom. The highest BCUT2D eigenvalue weighted by atomic mass is 35.5. The fourth-order valence-corrected chi connectivity index (χ4v) is 12.8. The Morgan fingerprint density at radius 3 is 1.17 bits per heavy atom. The molecule has 2 aliphatic rings. The Bertz CT molecular complexity index is 4440. The monoisotopic (exact) mass is 1310 g/mol. The van der Waals surface area contributed by atoms with E-state index < -0.39 is 4.92 Å². The maximum Gasteiger partial charge on any atom is 0.269 e. The smallest absolute Gasteiger partial charge is 0.269 e. The number of rotatable bonds is 17. The van der Waals surface area contributed by atoms with Crippen LogP contribution in [0, 0.1) is 44.1 Å². The number of imidazole rings is 2. The first-order valence-corrected chi connectivity index (χ1v) is 31.7. The summed E-state index contributed by atoms with van der Waals surface area (Å²) in [6.07, 6.45) is 6.89. The normalized spacial score (nSPS) is 12.8. The van der Waals surface area contributed by atoms with Gasteiger partial charge < -0.3 is 38.5 Å². The molecule has 0 aliphatic carbocycles. The van der Waals surface area contributed by atoms with Crippen LogP contribution in [0.1, 0.15) is 79.3 Å². The number of hydrogen-bond acceptors (Lipinski definition) is 15. The summed E-state index contributed by atoms with van der Waals surface area (Å²) in [5.74, 6) is -0.540.